The third-order valence-electron chi connectivity index (χ3n) is 2.99. The van der Waals surface area contributed by atoms with Crippen LogP contribution in [0.5, 0.6) is 0 Å². The molecule has 2 heteroatoms. The van der Waals surface area contributed by atoms with E-state index in [4.69, 9.17) is 0 Å². The first-order valence-corrected chi connectivity index (χ1v) is 5.41. The summed E-state index contributed by atoms with van der Waals surface area (Å²) in [5.41, 5.74) is 3.22. The van der Waals surface area contributed by atoms with Crippen molar-refractivity contribution in [2.24, 2.45) is 0 Å². The molecule has 1 atom stereocenters. The Kier molecular flexibility index (Phi) is 2.91. The molecule has 2 aromatic rings. The van der Waals surface area contributed by atoms with Gasteiger partial charge in [0.15, 0.2) is 6.29 Å². The van der Waals surface area contributed by atoms with Gasteiger partial charge >= 0.3 is 0 Å². The molecule has 0 fully saturated rings. The van der Waals surface area contributed by atoms with E-state index >= 15 is 0 Å². The van der Waals surface area contributed by atoms with Gasteiger partial charge in [0.2, 0.25) is 0 Å². The van der Waals surface area contributed by atoms with Gasteiger partial charge in [0.1, 0.15) is 0 Å². The van der Waals surface area contributed by atoms with Crippen molar-refractivity contribution in [2.75, 3.05) is 0 Å². The van der Waals surface area contributed by atoms with Gasteiger partial charge in [-0.2, -0.15) is 0 Å². The van der Waals surface area contributed by atoms with Crippen LogP contribution >= 0.6 is 0 Å². The van der Waals surface area contributed by atoms with E-state index in [0.717, 1.165) is 12.0 Å². The zero-order valence-corrected chi connectivity index (χ0v) is 9.55. The number of hydrogen-bond acceptors (Lipinski definition) is 1. The number of nitrogens with zero attached hydrogens (tertiary/aromatic N) is 1. The van der Waals surface area contributed by atoms with Crippen molar-refractivity contribution in [1.29, 1.82) is 0 Å². The smallest absolute Gasteiger partial charge is 0.166 e. The van der Waals surface area contributed by atoms with Gasteiger partial charge in [0, 0.05) is 6.20 Å². The highest BCUT2D eigenvalue weighted by Gasteiger charge is 2.11. The molecule has 16 heavy (non-hydrogen) atoms. The first-order valence-electron chi connectivity index (χ1n) is 5.41. The molecule has 1 aromatic carbocycles. The van der Waals surface area contributed by atoms with Crippen molar-refractivity contribution < 1.29 is 4.79 Å². The van der Waals surface area contributed by atoms with E-state index in [1.165, 1.54) is 11.1 Å². The van der Waals surface area contributed by atoms with E-state index < -0.39 is 0 Å². The third-order valence-corrected chi connectivity index (χ3v) is 2.99. The topological polar surface area (TPSA) is 22.0 Å². The highest BCUT2D eigenvalue weighted by Crippen LogP contribution is 2.22. The number of aldehydes is 1. The van der Waals surface area contributed by atoms with Gasteiger partial charge in [0.25, 0.3) is 0 Å². The lowest BCUT2D eigenvalue weighted by Crippen LogP contribution is -2.09. The molecule has 1 unspecified atom stereocenters. The molecule has 0 spiro atoms. The van der Waals surface area contributed by atoms with Crippen LogP contribution in [0.4, 0.5) is 0 Å². The Balaban J connectivity index is 2.43. The highest BCUT2D eigenvalue weighted by atomic mass is 16.1. The lowest BCUT2D eigenvalue weighted by atomic mass is 10.0. The number of aromatic nitrogens is 1. The highest BCUT2D eigenvalue weighted by molar-refractivity contribution is 5.72. The van der Waals surface area contributed by atoms with Crippen molar-refractivity contribution >= 4 is 6.29 Å². The summed E-state index contributed by atoms with van der Waals surface area (Å²) in [6.45, 7) is 4.20. The van der Waals surface area contributed by atoms with Crippen LogP contribution in [0, 0.1) is 6.92 Å². The fraction of sp³-hybridized carbons (Fsp3) is 0.214. The second kappa shape index (κ2) is 4.35. The van der Waals surface area contributed by atoms with Crippen LogP contribution < -0.4 is 0 Å². The van der Waals surface area contributed by atoms with Crippen LogP contribution in [-0.2, 0) is 0 Å². The maximum Gasteiger partial charge on any atom is 0.166 e. The fourth-order valence-corrected chi connectivity index (χ4v) is 2.06. The van der Waals surface area contributed by atoms with E-state index in [9.17, 15) is 4.79 Å². The van der Waals surface area contributed by atoms with Crippen LogP contribution in [0.25, 0.3) is 0 Å². The van der Waals surface area contributed by atoms with Crippen molar-refractivity contribution in [3.8, 4) is 0 Å². The summed E-state index contributed by atoms with van der Waals surface area (Å²) in [6, 6.07) is 12.2. The molecule has 0 N–H and O–H groups in total. The van der Waals surface area contributed by atoms with Gasteiger partial charge in [-0.15, -0.1) is 0 Å². The quantitative estimate of drug-likeness (QED) is 0.717. The van der Waals surface area contributed by atoms with E-state index in [-0.39, 0.29) is 6.04 Å². The molecule has 0 aliphatic heterocycles. The SMILES string of the molecule is Cc1ccccc1C(C)n1cccc1C=O. The van der Waals surface area contributed by atoms with Crippen molar-refractivity contribution in [3.05, 3.63) is 59.4 Å². The zero-order chi connectivity index (χ0) is 11.5. The summed E-state index contributed by atoms with van der Waals surface area (Å²) in [4.78, 5) is 10.9. The van der Waals surface area contributed by atoms with Crippen molar-refractivity contribution in [3.63, 3.8) is 0 Å². The first kappa shape index (κ1) is 10.7. The first-order chi connectivity index (χ1) is 7.74. The average molecular weight is 213 g/mol. The van der Waals surface area contributed by atoms with Crippen LogP contribution in [-0.4, -0.2) is 10.9 Å². The van der Waals surface area contributed by atoms with Gasteiger partial charge in [-0.25, -0.2) is 0 Å². The molecule has 0 radical (unpaired) electrons. The molecule has 2 nitrogen and oxygen atoms in total. The number of hydrogen-bond donors (Lipinski definition) is 0. The predicted molar refractivity (Wildman–Crippen MR) is 64.8 cm³/mol. The molecule has 2 rings (SSSR count). The Hall–Kier alpha value is -1.83. The van der Waals surface area contributed by atoms with Crippen LogP contribution in [0.3, 0.4) is 0 Å². The van der Waals surface area contributed by atoms with Crippen LogP contribution in [0.15, 0.2) is 42.6 Å². The number of carbonyl (C=O) groups is 1. The molecule has 1 heterocycles. The van der Waals surface area contributed by atoms with E-state index in [1.54, 1.807) is 0 Å². The molecule has 0 saturated carbocycles. The monoisotopic (exact) mass is 213 g/mol. The third kappa shape index (κ3) is 1.78. The molecular weight excluding hydrogens is 198 g/mol. The van der Waals surface area contributed by atoms with Crippen LogP contribution in [0.1, 0.15) is 34.6 Å². The molecule has 0 amide bonds. The molecule has 0 aliphatic rings. The molecule has 0 bridgehead atoms. The molecule has 82 valence electrons. The van der Waals surface area contributed by atoms with E-state index in [0.29, 0.717) is 0 Å². The number of carbonyl (C=O) groups excluding carboxylic acids is 1. The predicted octanol–water partition coefficient (Wildman–Crippen LogP) is 3.22. The second-order valence-corrected chi connectivity index (χ2v) is 3.99. The molecule has 0 saturated heterocycles. The number of benzene rings is 1. The largest absolute Gasteiger partial charge is 0.338 e. The Morgan fingerprint density at radius 2 is 1.94 bits per heavy atom. The summed E-state index contributed by atoms with van der Waals surface area (Å²) in [6.07, 6.45) is 2.84. The lowest BCUT2D eigenvalue weighted by molar-refractivity contribution is 0.111. The number of rotatable bonds is 3. The molecular formula is C14H15NO. The minimum atomic E-state index is 0.191. The van der Waals surface area contributed by atoms with E-state index in [1.807, 2.05) is 35.0 Å². The van der Waals surface area contributed by atoms with Crippen molar-refractivity contribution in [2.45, 2.75) is 19.9 Å². The zero-order valence-electron chi connectivity index (χ0n) is 9.55. The summed E-state index contributed by atoms with van der Waals surface area (Å²) >= 11 is 0. The average Bonchev–Trinajstić information content (AvgIpc) is 2.77. The lowest BCUT2D eigenvalue weighted by Gasteiger charge is -2.18. The van der Waals surface area contributed by atoms with Gasteiger partial charge in [-0.05, 0) is 37.1 Å². The standard InChI is InChI=1S/C14H15NO/c1-11-6-3-4-8-14(11)12(2)15-9-5-7-13(15)10-16/h3-10,12H,1-2H3. The van der Waals surface area contributed by atoms with Gasteiger partial charge in [-0.1, -0.05) is 24.3 Å². The minimum absolute atomic E-state index is 0.191. The van der Waals surface area contributed by atoms with Crippen molar-refractivity contribution in [1.82, 2.24) is 4.57 Å². The Morgan fingerprint density at radius 3 is 2.62 bits per heavy atom. The maximum absolute atomic E-state index is 10.9. The second-order valence-electron chi connectivity index (χ2n) is 3.99. The fourth-order valence-electron chi connectivity index (χ4n) is 2.06. The number of aryl methyl sites for hydroxylation is 1. The molecule has 0 aliphatic carbocycles. The van der Waals surface area contributed by atoms with E-state index in [2.05, 4.69) is 26.0 Å². The Bertz CT molecular complexity index is 499. The normalized spacial score (nSPS) is 12.4. The minimum Gasteiger partial charge on any atom is -0.338 e. The Morgan fingerprint density at radius 1 is 1.19 bits per heavy atom. The van der Waals surface area contributed by atoms with Gasteiger partial charge in [0.05, 0.1) is 11.7 Å². The summed E-state index contributed by atoms with van der Waals surface area (Å²) in [5, 5.41) is 0. The summed E-state index contributed by atoms with van der Waals surface area (Å²) in [5.74, 6) is 0. The molecule has 1 aromatic heterocycles. The maximum atomic E-state index is 10.9. The Labute approximate surface area is 95.5 Å². The van der Waals surface area contributed by atoms with Gasteiger partial charge < -0.3 is 4.57 Å². The van der Waals surface area contributed by atoms with Crippen LogP contribution in [0.2, 0.25) is 0 Å². The van der Waals surface area contributed by atoms with Gasteiger partial charge in [-0.3, -0.25) is 4.79 Å². The summed E-state index contributed by atoms with van der Waals surface area (Å²) < 4.78 is 2.00. The summed E-state index contributed by atoms with van der Waals surface area (Å²) in [7, 11) is 0.